The van der Waals surface area contributed by atoms with Crippen LogP contribution in [0.25, 0.3) is 0 Å². The van der Waals surface area contributed by atoms with Crippen LogP contribution in [0.5, 0.6) is 11.5 Å². The summed E-state index contributed by atoms with van der Waals surface area (Å²) in [6.45, 7) is 11.6. The fraction of sp³-hybridized carbons (Fsp3) is 0.593. The van der Waals surface area contributed by atoms with E-state index in [1.807, 2.05) is 6.07 Å². The Morgan fingerprint density at radius 2 is 2.09 bits per heavy atom. The van der Waals surface area contributed by atoms with Crippen LogP contribution in [0.2, 0.25) is 0 Å². The molecular formula is C27H38O3S2. The molecule has 3 nitrogen and oxygen atoms in total. The molecule has 3 rings (SSSR count). The number of aromatic hydroxyl groups is 1. The van der Waals surface area contributed by atoms with E-state index in [4.69, 9.17) is 21.7 Å². The van der Waals surface area contributed by atoms with Crippen molar-refractivity contribution in [3.63, 3.8) is 0 Å². The molecule has 1 aromatic carbocycles. The first kappa shape index (κ1) is 25.3. The molecule has 176 valence electrons. The monoisotopic (exact) mass is 474 g/mol. The second kappa shape index (κ2) is 12.2. The van der Waals surface area contributed by atoms with E-state index >= 15 is 0 Å². The van der Waals surface area contributed by atoms with Crippen molar-refractivity contribution in [1.82, 2.24) is 0 Å². The summed E-state index contributed by atoms with van der Waals surface area (Å²) in [6.07, 6.45) is 11.3. The number of benzene rings is 1. The molecule has 2 aliphatic rings. The van der Waals surface area contributed by atoms with Crippen molar-refractivity contribution < 1.29 is 14.6 Å². The van der Waals surface area contributed by atoms with Gasteiger partial charge in [-0.05, 0) is 88.2 Å². The topological polar surface area (TPSA) is 38.7 Å². The Morgan fingerprint density at radius 1 is 1.31 bits per heavy atom. The molecule has 0 spiro atoms. The van der Waals surface area contributed by atoms with Gasteiger partial charge >= 0.3 is 0 Å². The van der Waals surface area contributed by atoms with Gasteiger partial charge in [0.15, 0.2) is 0 Å². The zero-order chi connectivity index (χ0) is 23.1. The Balaban J connectivity index is 1.85. The number of hydrogen-bond acceptors (Lipinski definition) is 5. The number of thioether (sulfide) groups is 1. The molecule has 1 fully saturated rings. The van der Waals surface area contributed by atoms with Crippen LogP contribution in [0.15, 0.2) is 35.9 Å². The predicted octanol–water partition coefficient (Wildman–Crippen LogP) is 7.72. The molecule has 1 saturated heterocycles. The van der Waals surface area contributed by atoms with E-state index in [0.29, 0.717) is 22.0 Å². The summed E-state index contributed by atoms with van der Waals surface area (Å²) < 4.78 is 12.3. The van der Waals surface area contributed by atoms with Crippen molar-refractivity contribution >= 4 is 28.4 Å². The third-order valence-electron chi connectivity index (χ3n) is 6.61. The highest BCUT2D eigenvalue weighted by Gasteiger charge is 2.31. The van der Waals surface area contributed by atoms with Gasteiger partial charge in [0.25, 0.3) is 0 Å². The fourth-order valence-corrected chi connectivity index (χ4v) is 5.66. The largest absolute Gasteiger partial charge is 0.507 e. The molecule has 0 amide bonds. The van der Waals surface area contributed by atoms with E-state index in [1.165, 1.54) is 18.4 Å². The van der Waals surface area contributed by atoms with Gasteiger partial charge in [-0.1, -0.05) is 55.3 Å². The van der Waals surface area contributed by atoms with Gasteiger partial charge in [-0.2, -0.15) is 0 Å². The SMILES string of the molecule is C=C(C)[C@@H]1CCC(C)=C[C@H]1c1c(O)cc(CCCCC)cc1OC(=S)SCCC1CCO1. The first-order chi connectivity index (χ1) is 15.4. The molecule has 0 aromatic heterocycles. The van der Waals surface area contributed by atoms with Gasteiger partial charge in [-0.15, -0.1) is 0 Å². The number of phenols is 1. The number of aryl methyl sites for hydroxylation is 1. The predicted molar refractivity (Wildman–Crippen MR) is 140 cm³/mol. The standard InChI is InChI=1S/C27H38O3S2/c1-5-6-7-8-20-16-24(28)26(23-15-19(4)9-10-22(23)18(2)3)25(17-20)30-27(31)32-14-12-21-11-13-29-21/h15-17,21-23,28H,2,5-14H2,1,3-4H3/t21?,22-,23+/m0/s1. The lowest BCUT2D eigenvalue weighted by molar-refractivity contribution is -0.0508. The lowest BCUT2D eigenvalue weighted by Crippen LogP contribution is -2.27. The molecule has 3 atom stereocenters. The minimum atomic E-state index is 0.0529. The maximum Gasteiger partial charge on any atom is 0.225 e. The first-order valence-corrected chi connectivity index (χ1v) is 13.4. The van der Waals surface area contributed by atoms with Gasteiger partial charge in [0, 0.05) is 23.8 Å². The molecule has 1 unspecified atom stereocenters. The number of unbranched alkanes of at least 4 members (excludes halogenated alkanes) is 2. The second-order valence-electron chi connectivity index (χ2n) is 9.28. The fourth-order valence-electron chi connectivity index (χ4n) is 4.62. The molecule has 1 heterocycles. The van der Waals surface area contributed by atoms with Crippen molar-refractivity contribution in [1.29, 1.82) is 0 Å². The number of hydrogen-bond donors (Lipinski definition) is 1. The number of rotatable bonds is 10. The summed E-state index contributed by atoms with van der Waals surface area (Å²) in [7, 11) is 0. The number of allylic oxidation sites excluding steroid dienone is 3. The average molecular weight is 475 g/mol. The minimum absolute atomic E-state index is 0.0529. The average Bonchev–Trinajstić information content (AvgIpc) is 2.69. The number of ether oxygens (including phenoxy) is 2. The van der Waals surface area contributed by atoms with Crippen molar-refractivity contribution in [2.45, 2.75) is 84.2 Å². The number of thiocarbonyl (C=S) groups is 1. The zero-order valence-electron chi connectivity index (χ0n) is 19.8. The van der Waals surface area contributed by atoms with Gasteiger partial charge in [0.2, 0.25) is 4.38 Å². The molecule has 1 N–H and O–H groups in total. The highest BCUT2D eigenvalue weighted by Crippen LogP contribution is 2.47. The van der Waals surface area contributed by atoms with Crippen LogP contribution in [0.4, 0.5) is 0 Å². The highest BCUT2D eigenvalue weighted by molar-refractivity contribution is 8.22. The van der Waals surface area contributed by atoms with Crippen LogP contribution in [0.3, 0.4) is 0 Å². The summed E-state index contributed by atoms with van der Waals surface area (Å²) in [6, 6.07) is 4.02. The third-order valence-corrected chi connectivity index (χ3v) is 7.80. The first-order valence-electron chi connectivity index (χ1n) is 12.0. The van der Waals surface area contributed by atoms with Crippen molar-refractivity contribution in [2.24, 2.45) is 5.92 Å². The summed E-state index contributed by atoms with van der Waals surface area (Å²) in [4.78, 5) is 0. The molecule has 1 aromatic rings. The summed E-state index contributed by atoms with van der Waals surface area (Å²) >= 11 is 7.15. The molecular weight excluding hydrogens is 436 g/mol. The van der Waals surface area contributed by atoms with Gasteiger partial charge < -0.3 is 14.6 Å². The molecule has 5 heteroatoms. The second-order valence-corrected chi connectivity index (χ2v) is 11.0. The Bertz CT molecular complexity index is 842. The zero-order valence-corrected chi connectivity index (χ0v) is 21.5. The Kier molecular flexibility index (Phi) is 9.69. The van der Waals surface area contributed by atoms with Crippen molar-refractivity contribution in [2.75, 3.05) is 12.4 Å². The van der Waals surface area contributed by atoms with E-state index in [0.717, 1.165) is 67.6 Å². The van der Waals surface area contributed by atoms with Crippen LogP contribution in [0.1, 0.15) is 82.8 Å². The van der Waals surface area contributed by atoms with Crippen LogP contribution in [-0.4, -0.2) is 28.0 Å². The third kappa shape index (κ3) is 6.85. The molecule has 0 radical (unpaired) electrons. The Hall–Kier alpha value is -1.30. The quantitative estimate of drug-likeness (QED) is 0.213. The number of phenolic OH excluding ortho intramolecular Hbond substituents is 1. The van der Waals surface area contributed by atoms with Crippen LogP contribution >= 0.6 is 24.0 Å². The lowest BCUT2D eigenvalue weighted by Gasteiger charge is -2.32. The van der Waals surface area contributed by atoms with Gasteiger partial charge in [0.05, 0.1) is 6.10 Å². The van der Waals surface area contributed by atoms with Crippen molar-refractivity contribution in [3.8, 4) is 11.5 Å². The maximum atomic E-state index is 11.2. The van der Waals surface area contributed by atoms with Crippen LogP contribution in [0, 0.1) is 5.92 Å². The van der Waals surface area contributed by atoms with Crippen molar-refractivity contribution in [3.05, 3.63) is 47.1 Å². The van der Waals surface area contributed by atoms with Gasteiger partial charge in [0.1, 0.15) is 11.5 Å². The molecule has 0 saturated carbocycles. The van der Waals surface area contributed by atoms with E-state index in [1.54, 1.807) is 11.8 Å². The lowest BCUT2D eigenvalue weighted by atomic mass is 9.73. The highest BCUT2D eigenvalue weighted by atomic mass is 32.2. The molecule has 0 bridgehead atoms. The van der Waals surface area contributed by atoms with Gasteiger partial charge in [-0.25, -0.2) is 0 Å². The van der Waals surface area contributed by atoms with E-state index < -0.39 is 0 Å². The summed E-state index contributed by atoms with van der Waals surface area (Å²) in [5.74, 6) is 2.24. The van der Waals surface area contributed by atoms with E-state index in [2.05, 4.69) is 39.5 Å². The van der Waals surface area contributed by atoms with E-state index in [9.17, 15) is 5.11 Å². The Morgan fingerprint density at radius 3 is 2.75 bits per heavy atom. The van der Waals surface area contributed by atoms with Gasteiger partial charge in [-0.3, -0.25) is 0 Å². The molecule has 32 heavy (non-hydrogen) atoms. The molecule has 1 aliphatic carbocycles. The normalized spacial score (nSPS) is 22.7. The summed E-state index contributed by atoms with van der Waals surface area (Å²) in [5.41, 5.74) is 4.45. The van der Waals surface area contributed by atoms with Crippen LogP contribution in [-0.2, 0) is 11.2 Å². The van der Waals surface area contributed by atoms with E-state index in [-0.39, 0.29) is 11.8 Å². The maximum absolute atomic E-state index is 11.2. The summed E-state index contributed by atoms with van der Waals surface area (Å²) in [5, 5.41) is 11.2. The smallest absolute Gasteiger partial charge is 0.225 e. The minimum Gasteiger partial charge on any atom is -0.507 e. The van der Waals surface area contributed by atoms with Crippen LogP contribution < -0.4 is 4.74 Å². The molecule has 1 aliphatic heterocycles. The Labute approximate surface area is 203 Å².